The lowest BCUT2D eigenvalue weighted by molar-refractivity contribution is -0.384. The van der Waals surface area contributed by atoms with Gasteiger partial charge in [-0.3, -0.25) is 19.8 Å². The van der Waals surface area contributed by atoms with Crippen molar-refractivity contribution in [1.29, 1.82) is 0 Å². The van der Waals surface area contributed by atoms with Crippen molar-refractivity contribution in [2.45, 2.75) is 19.4 Å². The second-order valence-corrected chi connectivity index (χ2v) is 8.76. The maximum absolute atomic E-state index is 12.3. The molecule has 0 bridgehead atoms. The van der Waals surface area contributed by atoms with Crippen molar-refractivity contribution in [2.24, 2.45) is 0 Å². The maximum atomic E-state index is 12.3. The zero-order chi connectivity index (χ0) is 23.9. The Morgan fingerprint density at radius 1 is 1.12 bits per heavy atom. The molecule has 1 fully saturated rings. The van der Waals surface area contributed by atoms with Crippen LogP contribution in [0.2, 0.25) is 0 Å². The van der Waals surface area contributed by atoms with Gasteiger partial charge in [0.1, 0.15) is 5.82 Å². The topological polar surface area (TPSA) is 125 Å². The second kappa shape index (κ2) is 11.0. The molecule has 1 aromatic heterocycles. The van der Waals surface area contributed by atoms with Crippen LogP contribution < -0.4 is 16.0 Å². The first-order valence-corrected chi connectivity index (χ1v) is 11.6. The summed E-state index contributed by atoms with van der Waals surface area (Å²) in [5.41, 5.74) is 2.21. The highest BCUT2D eigenvalue weighted by Crippen LogP contribution is 2.24. The van der Waals surface area contributed by atoms with E-state index in [9.17, 15) is 14.9 Å². The molecular formula is C23H24BrN7O3. The third kappa shape index (κ3) is 6.49. The molecule has 2 aromatic carbocycles. The van der Waals surface area contributed by atoms with Crippen molar-refractivity contribution in [1.82, 2.24) is 14.9 Å². The Morgan fingerprint density at radius 3 is 2.68 bits per heavy atom. The van der Waals surface area contributed by atoms with Gasteiger partial charge in [-0.05, 0) is 65.6 Å². The van der Waals surface area contributed by atoms with Gasteiger partial charge in [-0.15, -0.1) is 0 Å². The van der Waals surface area contributed by atoms with E-state index in [1.54, 1.807) is 18.3 Å². The lowest BCUT2D eigenvalue weighted by Gasteiger charge is -2.14. The highest BCUT2D eigenvalue weighted by molar-refractivity contribution is 9.10. The highest BCUT2D eigenvalue weighted by Gasteiger charge is 2.15. The first kappa shape index (κ1) is 23.6. The van der Waals surface area contributed by atoms with Crippen LogP contribution in [0.3, 0.4) is 0 Å². The number of aromatic nitrogens is 2. The number of hydrogen-bond acceptors (Lipinski definition) is 8. The predicted octanol–water partition coefficient (Wildman–Crippen LogP) is 4.54. The standard InChI is InChI=1S/C23H24BrN7O3/c24-20-14-26-23(29-22(20)25-13-16-5-3-8-19(11-16)31(33)34)28-18-7-4-6-17(12-18)27-21(32)15-30-9-1-2-10-30/h3-8,11-12,14H,1-2,9-10,13,15H2,(H,27,32)(H2,25,26,28,29). The molecule has 34 heavy (non-hydrogen) atoms. The van der Waals surface area contributed by atoms with Gasteiger partial charge >= 0.3 is 0 Å². The number of nitro benzene ring substituents is 1. The summed E-state index contributed by atoms with van der Waals surface area (Å²) < 4.78 is 0.659. The van der Waals surface area contributed by atoms with Crippen LogP contribution in [-0.2, 0) is 11.3 Å². The summed E-state index contributed by atoms with van der Waals surface area (Å²) in [6.07, 6.45) is 3.90. The number of hydrogen-bond donors (Lipinski definition) is 3. The molecule has 2 heterocycles. The third-order valence-electron chi connectivity index (χ3n) is 5.29. The zero-order valence-corrected chi connectivity index (χ0v) is 19.9. The number of nitrogens with zero attached hydrogens (tertiary/aromatic N) is 4. The number of nitrogens with one attached hydrogen (secondary N) is 3. The van der Waals surface area contributed by atoms with Crippen LogP contribution in [-0.4, -0.2) is 45.3 Å². The fourth-order valence-corrected chi connectivity index (χ4v) is 4.00. The van der Waals surface area contributed by atoms with Crippen molar-refractivity contribution in [3.63, 3.8) is 0 Å². The number of nitro groups is 1. The predicted molar refractivity (Wildman–Crippen MR) is 134 cm³/mol. The van der Waals surface area contributed by atoms with Gasteiger partial charge in [0.2, 0.25) is 11.9 Å². The van der Waals surface area contributed by atoms with Gasteiger partial charge in [0.05, 0.1) is 15.9 Å². The highest BCUT2D eigenvalue weighted by atomic mass is 79.9. The first-order chi connectivity index (χ1) is 16.5. The molecule has 1 aliphatic rings. The number of rotatable bonds is 9. The van der Waals surface area contributed by atoms with Gasteiger partial charge in [0.15, 0.2) is 0 Å². The van der Waals surface area contributed by atoms with E-state index in [1.165, 1.54) is 12.1 Å². The van der Waals surface area contributed by atoms with E-state index in [4.69, 9.17) is 0 Å². The molecule has 1 amide bonds. The molecule has 0 atom stereocenters. The van der Waals surface area contributed by atoms with Crippen LogP contribution in [0.5, 0.6) is 0 Å². The first-order valence-electron chi connectivity index (χ1n) is 10.9. The van der Waals surface area contributed by atoms with Crippen molar-refractivity contribution in [3.8, 4) is 0 Å². The SMILES string of the molecule is O=C(CN1CCCC1)Nc1cccc(Nc2ncc(Br)c(NCc3cccc([N+](=O)[O-])c3)n2)c1. The summed E-state index contributed by atoms with van der Waals surface area (Å²) in [4.78, 5) is 33.8. The molecule has 0 unspecified atom stereocenters. The molecule has 176 valence electrons. The molecule has 0 radical (unpaired) electrons. The molecule has 11 heteroatoms. The number of amides is 1. The number of likely N-dealkylation sites (tertiary alicyclic amines) is 1. The van der Waals surface area contributed by atoms with E-state index in [0.717, 1.165) is 37.2 Å². The van der Waals surface area contributed by atoms with E-state index in [1.807, 2.05) is 24.3 Å². The van der Waals surface area contributed by atoms with Gasteiger partial charge in [-0.25, -0.2) is 4.98 Å². The van der Waals surface area contributed by atoms with Crippen molar-refractivity contribution in [3.05, 3.63) is 74.9 Å². The molecule has 0 saturated carbocycles. The Bertz CT molecular complexity index is 1180. The third-order valence-corrected chi connectivity index (χ3v) is 5.87. The zero-order valence-electron chi connectivity index (χ0n) is 18.3. The minimum Gasteiger partial charge on any atom is -0.365 e. The molecule has 4 rings (SSSR count). The summed E-state index contributed by atoms with van der Waals surface area (Å²) in [6.45, 7) is 2.68. The van der Waals surface area contributed by atoms with Crippen molar-refractivity contribution in [2.75, 3.05) is 35.6 Å². The van der Waals surface area contributed by atoms with Crippen LogP contribution in [0.15, 0.2) is 59.2 Å². The summed E-state index contributed by atoms with van der Waals surface area (Å²) in [7, 11) is 0. The van der Waals surface area contributed by atoms with Gasteiger partial charge in [0.25, 0.3) is 5.69 Å². The smallest absolute Gasteiger partial charge is 0.269 e. The Kier molecular flexibility index (Phi) is 7.65. The number of anilines is 4. The number of carbonyl (C=O) groups excluding carboxylic acids is 1. The van der Waals surface area contributed by atoms with Crippen LogP contribution in [0.1, 0.15) is 18.4 Å². The average Bonchev–Trinajstić information content (AvgIpc) is 3.32. The van der Waals surface area contributed by atoms with E-state index in [0.29, 0.717) is 35.0 Å². The minimum atomic E-state index is -0.422. The minimum absolute atomic E-state index is 0.0356. The summed E-state index contributed by atoms with van der Waals surface area (Å²) in [6, 6.07) is 13.8. The fraction of sp³-hybridized carbons (Fsp3) is 0.261. The molecule has 3 N–H and O–H groups in total. The van der Waals surface area contributed by atoms with E-state index in [-0.39, 0.29) is 11.6 Å². The summed E-state index contributed by atoms with van der Waals surface area (Å²) >= 11 is 3.43. The largest absolute Gasteiger partial charge is 0.365 e. The quantitative estimate of drug-likeness (QED) is 0.274. The number of carbonyl (C=O) groups is 1. The molecule has 0 aliphatic carbocycles. The molecule has 1 saturated heterocycles. The van der Waals surface area contributed by atoms with Crippen LogP contribution in [0.25, 0.3) is 0 Å². The monoisotopic (exact) mass is 525 g/mol. The second-order valence-electron chi connectivity index (χ2n) is 7.91. The number of halogens is 1. The number of non-ortho nitro benzene ring substituents is 1. The normalized spacial score (nSPS) is 13.4. The van der Waals surface area contributed by atoms with Crippen LogP contribution >= 0.6 is 15.9 Å². The molecule has 3 aromatic rings. The van der Waals surface area contributed by atoms with Crippen molar-refractivity contribution < 1.29 is 9.72 Å². The van der Waals surface area contributed by atoms with Gasteiger partial charge in [0, 0.05) is 36.2 Å². The van der Waals surface area contributed by atoms with Gasteiger partial charge in [-0.2, -0.15) is 4.98 Å². The van der Waals surface area contributed by atoms with E-state index in [2.05, 4.69) is 46.7 Å². The Balaban J connectivity index is 1.39. The lowest BCUT2D eigenvalue weighted by atomic mass is 10.2. The van der Waals surface area contributed by atoms with Crippen LogP contribution in [0.4, 0.5) is 28.8 Å². The van der Waals surface area contributed by atoms with Gasteiger partial charge in [-0.1, -0.05) is 18.2 Å². The Morgan fingerprint density at radius 2 is 1.88 bits per heavy atom. The lowest BCUT2D eigenvalue weighted by Crippen LogP contribution is -2.30. The molecular weight excluding hydrogens is 502 g/mol. The van der Waals surface area contributed by atoms with E-state index < -0.39 is 4.92 Å². The Labute approximate surface area is 205 Å². The number of benzene rings is 2. The summed E-state index contributed by atoms with van der Waals surface area (Å²) in [5, 5.41) is 20.2. The average molecular weight is 526 g/mol. The Hall–Kier alpha value is -3.57. The molecule has 0 spiro atoms. The fourth-order valence-electron chi connectivity index (χ4n) is 3.67. The summed E-state index contributed by atoms with van der Waals surface area (Å²) in [5.74, 6) is 0.871. The maximum Gasteiger partial charge on any atom is 0.269 e. The van der Waals surface area contributed by atoms with Crippen molar-refractivity contribution >= 4 is 50.7 Å². The molecule has 1 aliphatic heterocycles. The van der Waals surface area contributed by atoms with Gasteiger partial charge < -0.3 is 16.0 Å². The van der Waals surface area contributed by atoms with Crippen LogP contribution in [0, 0.1) is 10.1 Å². The molecule has 10 nitrogen and oxygen atoms in total. The van der Waals surface area contributed by atoms with E-state index >= 15 is 0 Å².